The lowest BCUT2D eigenvalue weighted by atomic mass is 9.75. The normalized spacial score (nSPS) is 19.7. The Bertz CT molecular complexity index is 438. The zero-order valence-corrected chi connectivity index (χ0v) is 11.5. The number of aryl methyl sites for hydroxylation is 1. The molecule has 0 spiro atoms. The van der Waals surface area contributed by atoms with E-state index < -0.39 is 0 Å². The number of amides is 1. The van der Waals surface area contributed by atoms with Crippen molar-refractivity contribution in [2.24, 2.45) is 12.5 Å². The molecular formula is C14H23N3O. The van der Waals surface area contributed by atoms with Crippen molar-refractivity contribution in [1.29, 1.82) is 0 Å². The van der Waals surface area contributed by atoms with Gasteiger partial charge in [-0.1, -0.05) is 13.8 Å². The summed E-state index contributed by atoms with van der Waals surface area (Å²) < 4.78 is 1.78. The molecule has 1 aromatic rings. The van der Waals surface area contributed by atoms with Crippen molar-refractivity contribution in [1.82, 2.24) is 9.88 Å². The summed E-state index contributed by atoms with van der Waals surface area (Å²) in [5.41, 5.74) is 7.38. The number of nitrogens with zero attached hydrogens (tertiary/aromatic N) is 1. The number of carbonyl (C=O) groups is 1. The van der Waals surface area contributed by atoms with E-state index in [1.807, 2.05) is 7.05 Å². The fourth-order valence-electron chi connectivity index (χ4n) is 2.62. The number of rotatable bonds is 2. The zero-order valence-electron chi connectivity index (χ0n) is 11.5. The van der Waals surface area contributed by atoms with E-state index in [4.69, 9.17) is 5.73 Å². The van der Waals surface area contributed by atoms with Crippen molar-refractivity contribution in [3.8, 4) is 0 Å². The topological polar surface area (TPSA) is 60.0 Å². The summed E-state index contributed by atoms with van der Waals surface area (Å²) in [4.78, 5) is 12.1. The van der Waals surface area contributed by atoms with Crippen LogP contribution < -0.4 is 11.1 Å². The van der Waals surface area contributed by atoms with Crippen LogP contribution in [-0.2, 0) is 7.05 Å². The second-order valence-corrected chi connectivity index (χ2v) is 6.18. The molecule has 0 aromatic carbocycles. The predicted octanol–water partition coefficient (Wildman–Crippen LogP) is 2.31. The summed E-state index contributed by atoms with van der Waals surface area (Å²) in [5, 5.41) is 3.11. The Hall–Kier alpha value is -1.45. The van der Waals surface area contributed by atoms with E-state index >= 15 is 0 Å². The van der Waals surface area contributed by atoms with E-state index in [1.165, 1.54) is 12.8 Å². The lowest BCUT2D eigenvalue weighted by Crippen LogP contribution is -2.39. The number of nitrogens with one attached hydrogen (secondary N) is 1. The van der Waals surface area contributed by atoms with Crippen LogP contribution in [0.25, 0.3) is 0 Å². The Morgan fingerprint density at radius 1 is 1.44 bits per heavy atom. The summed E-state index contributed by atoms with van der Waals surface area (Å²) in [6.07, 6.45) is 6.25. The molecule has 2 rings (SSSR count). The first-order chi connectivity index (χ1) is 8.37. The maximum absolute atomic E-state index is 12.1. The molecule has 0 bridgehead atoms. The molecule has 1 heterocycles. The van der Waals surface area contributed by atoms with Gasteiger partial charge in [0.05, 0.1) is 5.69 Å². The highest BCUT2D eigenvalue weighted by atomic mass is 16.2. The van der Waals surface area contributed by atoms with Gasteiger partial charge in [0.15, 0.2) is 0 Å². The Labute approximate surface area is 109 Å². The summed E-state index contributed by atoms with van der Waals surface area (Å²) >= 11 is 0. The second-order valence-electron chi connectivity index (χ2n) is 6.18. The Kier molecular flexibility index (Phi) is 3.37. The lowest BCUT2D eigenvalue weighted by Gasteiger charge is -2.34. The first-order valence-electron chi connectivity index (χ1n) is 6.60. The van der Waals surface area contributed by atoms with Gasteiger partial charge < -0.3 is 15.6 Å². The minimum absolute atomic E-state index is 0.0149. The van der Waals surface area contributed by atoms with Crippen molar-refractivity contribution >= 4 is 11.6 Å². The molecule has 3 N–H and O–H groups in total. The van der Waals surface area contributed by atoms with Crippen molar-refractivity contribution in [3.05, 3.63) is 18.0 Å². The maximum Gasteiger partial charge on any atom is 0.268 e. The molecule has 0 atom stereocenters. The summed E-state index contributed by atoms with van der Waals surface area (Å²) in [6.45, 7) is 4.59. The first kappa shape index (κ1) is 13.0. The quantitative estimate of drug-likeness (QED) is 0.845. The van der Waals surface area contributed by atoms with Crippen LogP contribution in [0.4, 0.5) is 5.69 Å². The number of carbonyl (C=O) groups excluding carboxylic acids is 1. The third kappa shape index (κ3) is 2.86. The Morgan fingerprint density at radius 2 is 2.06 bits per heavy atom. The van der Waals surface area contributed by atoms with Crippen molar-refractivity contribution in [2.75, 3.05) is 5.73 Å². The van der Waals surface area contributed by atoms with Crippen LogP contribution in [0, 0.1) is 5.41 Å². The van der Waals surface area contributed by atoms with E-state index in [9.17, 15) is 4.79 Å². The van der Waals surface area contributed by atoms with Gasteiger partial charge >= 0.3 is 0 Å². The second kappa shape index (κ2) is 4.67. The molecule has 1 aromatic heterocycles. The van der Waals surface area contributed by atoms with Gasteiger partial charge in [-0.3, -0.25) is 4.79 Å². The van der Waals surface area contributed by atoms with Gasteiger partial charge in [-0.15, -0.1) is 0 Å². The van der Waals surface area contributed by atoms with E-state index in [-0.39, 0.29) is 5.91 Å². The Balaban J connectivity index is 1.95. The number of hydrogen-bond donors (Lipinski definition) is 2. The van der Waals surface area contributed by atoms with Gasteiger partial charge in [-0.05, 0) is 37.2 Å². The maximum atomic E-state index is 12.1. The fraction of sp³-hybridized carbons (Fsp3) is 0.643. The van der Waals surface area contributed by atoms with Crippen LogP contribution in [0.1, 0.15) is 50.0 Å². The molecule has 0 aliphatic heterocycles. The number of nitrogens with two attached hydrogens (primary N) is 1. The highest BCUT2D eigenvalue weighted by Crippen LogP contribution is 2.35. The number of nitrogen functional groups attached to an aromatic ring is 1. The number of anilines is 1. The summed E-state index contributed by atoms with van der Waals surface area (Å²) in [5.74, 6) is -0.0149. The molecule has 0 radical (unpaired) electrons. The van der Waals surface area contributed by atoms with Crippen molar-refractivity contribution in [2.45, 2.75) is 45.6 Å². The minimum Gasteiger partial charge on any atom is -0.397 e. The van der Waals surface area contributed by atoms with Crippen LogP contribution in [0.5, 0.6) is 0 Å². The van der Waals surface area contributed by atoms with Crippen LogP contribution in [0.15, 0.2) is 12.3 Å². The molecule has 4 heteroatoms. The van der Waals surface area contributed by atoms with E-state index in [0.717, 1.165) is 12.8 Å². The van der Waals surface area contributed by atoms with Gasteiger partial charge in [-0.25, -0.2) is 0 Å². The largest absolute Gasteiger partial charge is 0.397 e. The van der Waals surface area contributed by atoms with Gasteiger partial charge in [0.2, 0.25) is 0 Å². The molecular weight excluding hydrogens is 226 g/mol. The molecule has 1 saturated carbocycles. The summed E-state index contributed by atoms with van der Waals surface area (Å²) in [7, 11) is 1.84. The van der Waals surface area contributed by atoms with E-state index in [0.29, 0.717) is 22.8 Å². The third-order valence-corrected chi connectivity index (χ3v) is 3.93. The van der Waals surface area contributed by atoms with Gasteiger partial charge in [0.25, 0.3) is 5.91 Å². The van der Waals surface area contributed by atoms with Crippen molar-refractivity contribution < 1.29 is 4.79 Å². The monoisotopic (exact) mass is 249 g/mol. The van der Waals surface area contributed by atoms with Gasteiger partial charge in [0, 0.05) is 19.3 Å². The average molecular weight is 249 g/mol. The van der Waals surface area contributed by atoms with E-state index in [2.05, 4.69) is 19.2 Å². The molecule has 100 valence electrons. The first-order valence-corrected chi connectivity index (χ1v) is 6.60. The molecule has 1 aliphatic carbocycles. The predicted molar refractivity (Wildman–Crippen MR) is 73.3 cm³/mol. The fourth-order valence-corrected chi connectivity index (χ4v) is 2.62. The molecule has 4 nitrogen and oxygen atoms in total. The van der Waals surface area contributed by atoms with Crippen LogP contribution in [-0.4, -0.2) is 16.5 Å². The lowest BCUT2D eigenvalue weighted by molar-refractivity contribution is 0.0901. The smallest absolute Gasteiger partial charge is 0.268 e. The zero-order chi connectivity index (χ0) is 13.3. The number of hydrogen-bond acceptors (Lipinski definition) is 2. The molecule has 1 amide bonds. The SMILES string of the molecule is Cn1cc(N)cc1C(=O)NC1CCC(C)(C)CC1. The third-order valence-electron chi connectivity index (χ3n) is 3.93. The molecule has 1 fully saturated rings. The van der Waals surface area contributed by atoms with E-state index in [1.54, 1.807) is 16.8 Å². The standard InChI is InChI=1S/C14H23N3O/c1-14(2)6-4-11(5-7-14)16-13(18)12-8-10(15)9-17(12)3/h8-9,11H,4-7,15H2,1-3H3,(H,16,18). The van der Waals surface area contributed by atoms with Crippen LogP contribution >= 0.6 is 0 Å². The average Bonchev–Trinajstić information content (AvgIpc) is 2.61. The minimum atomic E-state index is -0.0149. The summed E-state index contributed by atoms with van der Waals surface area (Å²) in [6, 6.07) is 2.03. The molecule has 0 saturated heterocycles. The highest BCUT2D eigenvalue weighted by Gasteiger charge is 2.28. The van der Waals surface area contributed by atoms with Gasteiger partial charge in [-0.2, -0.15) is 0 Å². The highest BCUT2D eigenvalue weighted by molar-refractivity contribution is 5.93. The van der Waals surface area contributed by atoms with Crippen LogP contribution in [0.3, 0.4) is 0 Å². The van der Waals surface area contributed by atoms with Crippen molar-refractivity contribution in [3.63, 3.8) is 0 Å². The van der Waals surface area contributed by atoms with Crippen LogP contribution in [0.2, 0.25) is 0 Å². The molecule has 18 heavy (non-hydrogen) atoms. The Morgan fingerprint density at radius 3 is 2.56 bits per heavy atom. The molecule has 1 aliphatic rings. The number of aromatic nitrogens is 1. The molecule has 0 unspecified atom stereocenters. The van der Waals surface area contributed by atoms with Gasteiger partial charge in [0.1, 0.15) is 5.69 Å².